The number of nitrogens with zero attached hydrogens (tertiary/aromatic N) is 3. The maximum atomic E-state index is 13.4. The quantitative estimate of drug-likeness (QED) is 0.763. The summed E-state index contributed by atoms with van der Waals surface area (Å²) in [6.45, 7) is 0.613. The van der Waals surface area contributed by atoms with E-state index in [0.29, 0.717) is 12.3 Å². The summed E-state index contributed by atoms with van der Waals surface area (Å²) in [7, 11) is 1.56. The SMILES string of the molecule is COc1cc(F)ccc1CN[C@@H]1CCCc2c1cnn2-c1ccccn1. The molecular formula is C20H21FN4O. The minimum Gasteiger partial charge on any atom is -0.496 e. The van der Waals surface area contributed by atoms with Gasteiger partial charge >= 0.3 is 0 Å². The summed E-state index contributed by atoms with van der Waals surface area (Å²) in [6.07, 6.45) is 6.84. The average Bonchev–Trinajstić information content (AvgIpc) is 3.12. The fourth-order valence-electron chi connectivity index (χ4n) is 3.54. The van der Waals surface area contributed by atoms with Gasteiger partial charge in [0.15, 0.2) is 5.82 Å². The number of methoxy groups -OCH3 is 1. The van der Waals surface area contributed by atoms with Crippen LogP contribution in [0.25, 0.3) is 5.82 Å². The van der Waals surface area contributed by atoms with Crippen LogP contribution in [-0.4, -0.2) is 21.9 Å². The lowest BCUT2D eigenvalue weighted by Gasteiger charge is -2.24. The Kier molecular flexibility index (Phi) is 4.67. The summed E-state index contributed by atoms with van der Waals surface area (Å²) in [4.78, 5) is 4.41. The van der Waals surface area contributed by atoms with Gasteiger partial charge in [-0.3, -0.25) is 0 Å². The van der Waals surface area contributed by atoms with Gasteiger partial charge in [0.25, 0.3) is 0 Å². The van der Waals surface area contributed by atoms with Gasteiger partial charge in [-0.2, -0.15) is 5.10 Å². The molecule has 1 aromatic carbocycles. The van der Waals surface area contributed by atoms with E-state index in [1.165, 1.54) is 23.4 Å². The number of ether oxygens (including phenoxy) is 1. The zero-order valence-corrected chi connectivity index (χ0v) is 14.7. The second-order valence-corrected chi connectivity index (χ2v) is 6.43. The van der Waals surface area contributed by atoms with Gasteiger partial charge in [-0.15, -0.1) is 0 Å². The highest BCUT2D eigenvalue weighted by molar-refractivity contribution is 5.35. The Hall–Kier alpha value is -2.73. The molecule has 134 valence electrons. The number of aromatic nitrogens is 3. The summed E-state index contributed by atoms with van der Waals surface area (Å²) in [5.74, 6) is 1.12. The molecule has 0 unspecified atom stereocenters. The third-order valence-electron chi connectivity index (χ3n) is 4.84. The smallest absolute Gasteiger partial charge is 0.153 e. The molecule has 26 heavy (non-hydrogen) atoms. The molecule has 0 saturated carbocycles. The number of rotatable bonds is 5. The molecule has 6 heteroatoms. The van der Waals surface area contributed by atoms with Gasteiger partial charge < -0.3 is 10.1 Å². The van der Waals surface area contributed by atoms with Crippen molar-refractivity contribution in [3.8, 4) is 11.6 Å². The zero-order valence-electron chi connectivity index (χ0n) is 14.7. The molecule has 2 heterocycles. The Morgan fingerprint density at radius 1 is 1.31 bits per heavy atom. The third-order valence-corrected chi connectivity index (χ3v) is 4.84. The average molecular weight is 352 g/mol. The molecule has 5 nitrogen and oxygen atoms in total. The summed E-state index contributed by atoms with van der Waals surface area (Å²) in [5.41, 5.74) is 3.36. The fraction of sp³-hybridized carbons (Fsp3) is 0.300. The highest BCUT2D eigenvalue weighted by Gasteiger charge is 2.25. The van der Waals surface area contributed by atoms with E-state index in [0.717, 1.165) is 30.6 Å². The molecule has 4 rings (SSSR count). The molecule has 1 aliphatic rings. The van der Waals surface area contributed by atoms with Crippen molar-refractivity contribution in [2.24, 2.45) is 0 Å². The summed E-state index contributed by atoms with van der Waals surface area (Å²) in [5, 5.41) is 8.14. The van der Waals surface area contributed by atoms with Crippen LogP contribution in [0.2, 0.25) is 0 Å². The van der Waals surface area contributed by atoms with Crippen molar-refractivity contribution in [1.29, 1.82) is 0 Å². The zero-order chi connectivity index (χ0) is 17.9. The van der Waals surface area contributed by atoms with Gasteiger partial charge in [0.05, 0.1) is 19.0 Å². The van der Waals surface area contributed by atoms with Crippen molar-refractivity contribution in [2.45, 2.75) is 31.8 Å². The first-order valence-electron chi connectivity index (χ1n) is 8.80. The van der Waals surface area contributed by atoms with Crippen molar-refractivity contribution < 1.29 is 9.13 Å². The van der Waals surface area contributed by atoms with Gasteiger partial charge in [0.2, 0.25) is 0 Å². The number of hydrogen-bond donors (Lipinski definition) is 1. The predicted octanol–water partition coefficient (Wildman–Crippen LogP) is 3.58. The van der Waals surface area contributed by atoms with E-state index in [1.54, 1.807) is 19.4 Å². The van der Waals surface area contributed by atoms with Gasteiger partial charge in [-0.1, -0.05) is 12.1 Å². The van der Waals surface area contributed by atoms with Crippen molar-refractivity contribution in [2.75, 3.05) is 7.11 Å². The number of halogens is 1. The highest BCUT2D eigenvalue weighted by Crippen LogP contribution is 2.31. The molecule has 2 aromatic heterocycles. The number of pyridine rings is 1. The molecule has 3 aromatic rings. The van der Waals surface area contributed by atoms with E-state index < -0.39 is 0 Å². The first-order chi connectivity index (χ1) is 12.8. The van der Waals surface area contributed by atoms with Gasteiger partial charge in [-0.25, -0.2) is 14.1 Å². The van der Waals surface area contributed by atoms with Crippen LogP contribution in [0, 0.1) is 5.82 Å². The Labute approximate surface area is 151 Å². The normalized spacial score (nSPS) is 16.3. The number of benzene rings is 1. The van der Waals surface area contributed by atoms with E-state index in [9.17, 15) is 4.39 Å². The molecule has 1 atom stereocenters. The molecule has 0 radical (unpaired) electrons. The number of hydrogen-bond acceptors (Lipinski definition) is 4. The minimum atomic E-state index is -0.290. The molecule has 0 bridgehead atoms. The van der Waals surface area contributed by atoms with Crippen molar-refractivity contribution in [3.63, 3.8) is 0 Å². The lowest BCUT2D eigenvalue weighted by Crippen LogP contribution is -2.25. The van der Waals surface area contributed by atoms with Crippen molar-refractivity contribution >= 4 is 0 Å². The van der Waals surface area contributed by atoms with Crippen molar-refractivity contribution in [3.05, 3.63) is 71.4 Å². The topological polar surface area (TPSA) is 52.0 Å². The van der Waals surface area contributed by atoms with Gasteiger partial charge in [0.1, 0.15) is 11.6 Å². The summed E-state index contributed by atoms with van der Waals surface area (Å²) >= 11 is 0. The fourth-order valence-corrected chi connectivity index (χ4v) is 3.54. The number of nitrogens with one attached hydrogen (secondary N) is 1. The van der Waals surface area contributed by atoms with Crippen LogP contribution in [-0.2, 0) is 13.0 Å². The molecule has 0 amide bonds. The van der Waals surface area contributed by atoms with E-state index in [4.69, 9.17) is 4.74 Å². The number of fused-ring (bicyclic) bond motifs is 1. The molecule has 0 spiro atoms. The van der Waals surface area contributed by atoms with E-state index in [2.05, 4.69) is 15.4 Å². The third kappa shape index (κ3) is 3.20. The maximum Gasteiger partial charge on any atom is 0.153 e. The Bertz CT molecular complexity index is 894. The molecule has 0 saturated heterocycles. The highest BCUT2D eigenvalue weighted by atomic mass is 19.1. The first-order valence-corrected chi connectivity index (χ1v) is 8.80. The van der Waals surface area contributed by atoms with E-state index in [-0.39, 0.29) is 11.9 Å². The summed E-state index contributed by atoms with van der Waals surface area (Å²) < 4.78 is 20.6. The van der Waals surface area contributed by atoms with Crippen LogP contribution in [0.5, 0.6) is 5.75 Å². The predicted molar refractivity (Wildman–Crippen MR) is 96.8 cm³/mol. The van der Waals surface area contributed by atoms with Crippen LogP contribution in [0.4, 0.5) is 4.39 Å². The molecule has 1 N–H and O–H groups in total. The first kappa shape index (κ1) is 16.7. The van der Waals surface area contributed by atoms with Crippen LogP contribution in [0.15, 0.2) is 48.8 Å². The van der Waals surface area contributed by atoms with Gasteiger partial charge in [0, 0.05) is 36.0 Å². The monoisotopic (exact) mass is 352 g/mol. The molecule has 1 aliphatic carbocycles. The van der Waals surface area contributed by atoms with Crippen LogP contribution >= 0.6 is 0 Å². The van der Waals surface area contributed by atoms with Crippen molar-refractivity contribution in [1.82, 2.24) is 20.1 Å². The maximum absolute atomic E-state index is 13.4. The lowest BCUT2D eigenvalue weighted by atomic mass is 9.92. The Morgan fingerprint density at radius 2 is 2.23 bits per heavy atom. The molecule has 0 aliphatic heterocycles. The second-order valence-electron chi connectivity index (χ2n) is 6.43. The second kappa shape index (κ2) is 7.25. The Morgan fingerprint density at radius 3 is 3.04 bits per heavy atom. The molecule has 0 fully saturated rings. The Balaban J connectivity index is 1.55. The van der Waals surface area contributed by atoms with Gasteiger partial charge in [-0.05, 0) is 37.5 Å². The van der Waals surface area contributed by atoms with E-state index in [1.807, 2.05) is 29.1 Å². The minimum absolute atomic E-state index is 0.214. The van der Waals surface area contributed by atoms with E-state index >= 15 is 0 Å². The largest absolute Gasteiger partial charge is 0.496 e. The van der Waals surface area contributed by atoms with Crippen LogP contribution < -0.4 is 10.1 Å². The lowest BCUT2D eigenvalue weighted by molar-refractivity contribution is 0.397. The van der Waals surface area contributed by atoms with Crippen LogP contribution in [0.1, 0.15) is 35.7 Å². The summed E-state index contributed by atoms with van der Waals surface area (Å²) in [6, 6.07) is 10.7. The van der Waals surface area contributed by atoms with Crippen LogP contribution in [0.3, 0.4) is 0 Å². The standard InChI is InChI=1S/C20H21FN4O/c1-26-19-11-15(21)9-8-14(19)12-23-17-5-4-6-18-16(17)13-24-25(18)20-7-2-3-10-22-20/h2-3,7-11,13,17,23H,4-6,12H2,1H3/t17-/m1/s1. The molecular weight excluding hydrogens is 331 g/mol.